The van der Waals surface area contributed by atoms with Gasteiger partial charge in [0.15, 0.2) is 0 Å². The molecule has 0 saturated heterocycles. The van der Waals surface area contributed by atoms with Crippen LogP contribution in [0.25, 0.3) is 0 Å². The predicted octanol–water partition coefficient (Wildman–Crippen LogP) is 6.74. The minimum atomic E-state index is 1.50. The second-order valence-electron chi connectivity index (χ2n) is 4.74. The van der Waals surface area contributed by atoms with E-state index in [0.717, 1.165) is 0 Å². The molecule has 2 rings (SSSR count). The van der Waals surface area contributed by atoms with Crippen molar-refractivity contribution >= 4 is 0 Å². The third-order valence-electron chi connectivity index (χ3n) is 3.25. The summed E-state index contributed by atoms with van der Waals surface area (Å²) in [4.78, 5) is 0. The molecule has 0 N–H and O–H groups in total. The standard InChI is InChI=1S/2C6H12.C4H6.C2H6/c2*1-2-4-6-5-3-1;1-3-4-2;1-2/h2*1-6H2;1-2H3;1-2H3. The van der Waals surface area contributed by atoms with Crippen molar-refractivity contribution in [3.8, 4) is 11.8 Å². The highest BCUT2D eigenvalue weighted by Gasteiger charge is 1.96. The van der Waals surface area contributed by atoms with Gasteiger partial charge in [0.25, 0.3) is 0 Å². The first-order chi connectivity index (χ1) is 8.91. The van der Waals surface area contributed by atoms with Crippen LogP contribution in [0.4, 0.5) is 0 Å². The van der Waals surface area contributed by atoms with Crippen LogP contribution in [0.3, 0.4) is 0 Å². The van der Waals surface area contributed by atoms with Crippen molar-refractivity contribution in [2.45, 2.75) is 105 Å². The Morgan fingerprint density at radius 3 is 0.556 bits per heavy atom. The Hall–Kier alpha value is -0.440. The Balaban J connectivity index is 0. The molecular formula is C18H36. The Kier molecular flexibility index (Phi) is 24.1. The molecule has 108 valence electrons. The molecule has 0 unspecified atom stereocenters. The van der Waals surface area contributed by atoms with Crippen molar-refractivity contribution in [3.05, 3.63) is 0 Å². The van der Waals surface area contributed by atoms with Gasteiger partial charge < -0.3 is 0 Å². The molecule has 0 aliphatic heterocycles. The van der Waals surface area contributed by atoms with Crippen LogP contribution < -0.4 is 0 Å². The van der Waals surface area contributed by atoms with Gasteiger partial charge in [-0.3, -0.25) is 0 Å². The fraction of sp³-hybridized carbons (Fsp3) is 0.889. The van der Waals surface area contributed by atoms with Crippen LogP contribution in [0.5, 0.6) is 0 Å². The topological polar surface area (TPSA) is 0 Å². The van der Waals surface area contributed by atoms with E-state index in [1.165, 1.54) is 77.0 Å². The zero-order valence-corrected chi connectivity index (χ0v) is 13.5. The van der Waals surface area contributed by atoms with Gasteiger partial charge in [-0.2, -0.15) is 0 Å². The van der Waals surface area contributed by atoms with Crippen molar-refractivity contribution in [3.63, 3.8) is 0 Å². The quantitative estimate of drug-likeness (QED) is 0.419. The largest absolute Gasteiger partial charge is 0.107 e. The van der Waals surface area contributed by atoms with Crippen LogP contribution >= 0.6 is 0 Å². The van der Waals surface area contributed by atoms with Crippen LogP contribution in [0, 0.1) is 11.8 Å². The fourth-order valence-electron chi connectivity index (χ4n) is 2.12. The molecule has 18 heavy (non-hydrogen) atoms. The fourth-order valence-corrected chi connectivity index (χ4v) is 2.12. The van der Waals surface area contributed by atoms with E-state index >= 15 is 0 Å². The van der Waals surface area contributed by atoms with Crippen LogP contribution in [0.1, 0.15) is 105 Å². The molecule has 2 fully saturated rings. The van der Waals surface area contributed by atoms with Crippen LogP contribution in [-0.2, 0) is 0 Å². The van der Waals surface area contributed by atoms with Crippen LogP contribution in [-0.4, -0.2) is 0 Å². The molecule has 0 aromatic rings. The van der Waals surface area contributed by atoms with Gasteiger partial charge in [-0.15, -0.1) is 11.8 Å². The van der Waals surface area contributed by atoms with Gasteiger partial charge in [-0.25, -0.2) is 0 Å². The second-order valence-corrected chi connectivity index (χ2v) is 4.74. The van der Waals surface area contributed by atoms with Crippen molar-refractivity contribution in [2.24, 2.45) is 0 Å². The summed E-state index contributed by atoms with van der Waals surface area (Å²) in [5, 5.41) is 0. The van der Waals surface area contributed by atoms with Gasteiger partial charge in [0.1, 0.15) is 0 Å². The maximum atomic E-state index is 2.68. The van der Waals surface area contributed by atoms with Crippen molar-refractivity contribution < 1.29 is 0 Å². The maximum absolute atomic E-state index is 2.68. The molecule has 0 nitrogen and oxygen atoms in total. The first-order valence-electron chi connectivity index (χ1n) is 8.25. The van der Waals surface area contributed by atoms with Crippen molar-refractivity contribution in [2.75, 3.05) is 0 Å². The molecule has 2 saturated carbocycles. The summed E-state index contributed by atoms with van der Waals surface area (Å²) in [5.41, 5.74) is 0. The molecule has 2 aliphatic rings. The van der Waals surface area contributed by atoms with E-state index in [4.69, 9.17) is 0 Å². The Bertz CT molecular complexity index is 121. The first kappa shape index (κ1) is 19.9. The highest BCUT2D eigenvalue weighted by Crippen LogP contribution is 2.15. The number of hydrogen-bond donors (Lipinski definition) is 0. The normalized spacial score (nSPS) is 17.1. The van der Waals surface area contributed by atoms with E-state index in [2.05, 4.69) is 11.8 Å². The van der Waals surface area contributed by atoms with Gasteiger partial charge in [-0.05, 0) is 13.8 Å². The van der Waals surface area contributed by atoms with Crippen LogP contribution in [0.15, 0.2) is 0 Å². The van der Waals surface area contributed by atoms with Gasteiger partial charge in [0.05, 0.1) is 0 Å². The van der Waals surface area contributed by atoms with Crippen molar-refractivity contribution in [1.29, 1.82) is 0 Å². The van der Waals surface area contributed by atoms with Gasteiger partial charge in [-0.1, -0.05) is 90.9 Å². The SMILES string of the molecule is C1CCCCC1.C1CCCCC1.CC.CC#CC. The molecule has 0 heterocycles. The Morgan fingerprint density at radius 1 is 0.389 bits per heavy atom. The highest BCUT2D eigenvalue weighted by molar-refractivity contribution is 4.89. The molecular weight excluding hydrogens is 216 g/mol. The molecule has 2 aliphatic carbocycles. The van der Waals surface area contributed by atoms with E-state index in [9.17, 15) is 0 Å². The molecule has 0 heteroatoms. The van der Waals surface area contributed by atoms with E-state index in [1.807, 2.05) is 27.7 Å². The van der Waals surface area contributed by atoms with Gasteiger partial charge in [0.2, 0.25) is 0 Å². The second kappa shape index (κ2) is 21.8. The van der Waals surface area contributed by atoms with E-state index in [-0.39, 0.29) is 0 Å². The molecule has 0 spiro atoms. The number of hydrogen-bond acceptors (Lipinski definition) is 0. The summed E-state index contributed by atoms with van der Waals surface area (Å²) in [6.45, 7) is 7.64. The van der Waals surface area contributed by atoms with Gasteiger partial charge >= 0.3 is 0 Å². The summed E-state index contributed by atoms with van der Waals surface area (Å²) in [7, 11) is 0. The monoisotopic (exact) mass is 252 g/mol. The third kappa shape index (κ3) is 20.9. The Morgan fingerprint density at radius 2 is 0.500 bits per heavy atom. The summed E-state index contributed by atoms with van der Waals surface area (Å²) in [5.74, 6) is 5.36. The third-order valence-corrected chi connectivity index (χ3v) is 3.25. The van der Waals surface area contributed by atoms with E-state index in [1.54, 1.807) is 0 Å². The van der Waals surface area contributed by atoms with Crippen LogP contribution in [0.2, 0.25) is 0 Å². The summed E-state index contributed by atoms with van der Waals surface area (Å²) in [6.07, 6.45) is 18.0. The molecule has 0 atom stereocenters. The Labute approximate surface area is 117 Å². The minimum absolute atomic E-state index is 1.50. The van der Waals surface area contributed by atoms with E-state index < -0.39 is 0 Å². The zero-order valence-electron chi connectivity index (χ0n) is 13.5. The maximum Gasteiger partial charge on any atom is -0.00271 e. The summed E-state index contributed by atoms with van der Waals surface area (Å²) < 4.78 is 0. The minimum Gasteiger partial charge on any atom is -0.107 e. The van der Waals surface area contributed by atoms with Crippen molar-refractivity contribution in [1.82, 2.24) is 0 Å². The summed E-state index contributed by atoms with van der Waals surface area (Å²) in [6, 6.07) is 0. The van der Waals surface area contributed by atoms with Gasteiger partial charge in [0, 0.05) is 0 Å². The average molecular weight is 252 g/mol. The van der Waals surface area contributed by atoms with E-state index in [0.29, 0.717) is 0 Å². The lowest BCUT2D eigenvalue weighted by atomic mass is 10.0. The summed E-state index contributed by atoms with van der Waals surface area (Å²) >= 11 is 0. The average Bonchev–Trinajstić information content (AvgIpc) is 2.53. The molecule has 0 amide bonds. The molecule has 0 bridgehead atoms. The zero-order chi connectivity index (χ0) is 13.9. The highest BCUT2D eigenvalue weighted by atomic mass is 14.0. The predicted molar refractivity (Wildman–Crippen MR) is 85.9 cm³/mol. The molecule has 0 aromatic heterocycles. The smallest absolute Gasteiger partial charge is 0.00271 e. The lowest BCUT2D eigenvalue weighted by Crippen LogP contribution is -1.85. The molecule has 0 aromatic carbocycles. The first-order valence-corrected chi connectivity index (χ1v) is 8.25. The lowest BCUT2D eigenvalue weighted by molar-refractivity contribution is 0.504. The number of rotatable bonds is 0. The lowest BCUT2D eigenvalue weighted by Gasteiger charge is -2.05. The molecule has 0 radical (unpaired) electrons.